The summed E-state index contributed by atoms with van der Waals surface area (Å²) in [6, 6.07) is 6.73. The van der Waals surface area contributed by atoms with Crippen molar-refractivity contribution in [2.24, 2.45) is 0 Å². The first-order chi connectivity index (χ1) is 12.4. The average molecular weight is 374 g/mol. The number of hydrogen-bond donors (Lipinski definition) is 1. The molecule has 2 fully saturated rings. The smallest absolute Gasteiger partial charge is 0.330 e. The quantitative estimate of drug-likeness (QED) is 0.633. The van der Waals surface area contributed by atoms with Crippen molar-refractivity contribution in [3.63, 3.8) is 0 Å². The van der Waals surface area contributed by atoms with Gasteiger partial charge in [-0.15, -0.1) is 11.8 Å². The van der Waals surface area contributed by atoms with Gasteiger partial charge in [0.25, 0.3) is 0 Å². The maximum Gasteiger partial charge on any atom is 0.330 e. The van der Waals surface area contributed by atoms with Crippen LogP contribution in [0.5, 0.6) is 0 Å². The summed E-state index contributed by atoms with van der Waals surface area (Å²) < 4.78 is 4.83. The molecule has 2 unspecified atom stereocenters. The Balaban J connectivity index is 1.62. The minimum atomic E-state index is -0.427. The summed E-state index contributed by atoms with van der Waals surface area (Å²) in [5.74, 6) is 0.124. The molecule has 2 heterocycles. The van der Waals surface area contributed by atoms with E-state index in [-0.39, 0.29) is 22.7 Å². The van der Waals surface area contributed by atoms with Crippen molar-refractivity contribution in [3.8, 4) is 0 Å². The Morgan fingerprint density at radius 3 is 2.81 bits per heavy atom. The summed E-state index contributed by atoms with van der Waals surface area (Å²) in [4.78, 5) is 37.6. The summed E-state index contributed by atoms with van der Waals surface area (Å²) in [7, 11) is 0. The lowest BCUT2D eigenvalue weighted by molar-refractivity contribution is -0.137. The van der Waals surface area contributed by atoms with Gasteiger partial charge in [-0.25, -0.2) is 4.79 Å². The van der Waals surface area contributed by atoms with Crippen molar-refractivity contribution < 1.29 is 19.1 Å². The van der Waals surface area contributed by atoms with E-state index in [1.807, 2.05) is 6.92 Å². The van der Waals surface area contributed by atoms with Crippen LogP contribution in [-0.2, 0) is 19.1 Å². The third-order valence-electron chi connectivity index (χ3n) is 4.62. The maximum atomic E-state index is 12.6. The van der Waals surface area contributed by atoms with E-state index in [1.165, 1.54) is 6.08 Å². The molecule has 138 valence electrons. The minimum absolute atomic E-state index is 0.0529. The van der Waals surface area contributed by atoms with Crippen molar-refractivity contribution in [1.29, 1.82) is 0 Å². The van der Waals surface area contributed by atoms with Crippen LogP contribution < -0.4 is 5.32 Å². The molecule has 2 saturated heterocycles. The van der Waals surface area contributed by atoms with Gasteiger partial charge in [0.15, 0.2) is 0 Å². The number of carbonyl (C=O) groups is 3. The molecule has 0 saturated carbocycles. The van der Waals surface area contributed by atoms with E-state index >= 15 is 0 Å². The fourth-order valence-electron chi connectivity index (χ4n) is 3.27. The van der Waals surface area contributed by atoms with Gasteiger partial charge in [-0.05, 0) is 44.0 Å². The second-order valence-corrected chi connectivity index (χ2v) is 7.96. The Bertz CT molecular complexity index is 746. The van der Waals surface area contributed by atoms with Crippen LogP contribution in [0.1, 0.15) is 32.3 Å². The summed E-state index contributed by atoms with van der Waals surface area (Å²) in [6.07, 6.45) is 4.33. The zero-order chi connectivity index (χ0) is 18.7. The Morgan fingerprint density at radius 2 is 2.12 bits per heavy atom. The molecule has 0 spiro atoms. The van der Waals surface area contributed by atoms with E-state index in [4.69, 9.17) is 4.74 Å². The Labute approximate surface area is 157 Å². The van der Waals surface area contributed by atoms with E-state index in [1.54, 1.807) is 53.9 Å². The lowest BCUT2D eigenvalue weighted by atomic mass is 10.1. The SMILES string of the molecule is CCOC(=O)/C=C/c1ccc(NC(=O)C2CSC3(C)CCC(=O)N23)cc1. The van der Waals surface area contributed by atoms with Gasteiger partial charge in [-0.2, -0.15) is 0 Å². The highest BCUT2D eigenvalue weighted by atomic mass is 32.2. The van der Waals surface area contributed by atoms with Crippen LogP contribution in [0, 0.1) is 0 Å². The molecule has 0 aromatic heterocycles. The largest absolute Gasteiger partial charge is 0.463 e. The number of nitrogens with one attached hydrogen (secondary N) is 1. The molecule has 0 aliphatic carbocycles. The highest BCUT2D eigenvalue weighted by Gasteiger charge is 2.52. The zero-order valence-corrected chi connectivity index (χ0v) is 15.7. The summed E-state index contributed by atoms with van der Waals surface area (Å²) in [5, 5.41) is 2.88. The molecule has 26 heavy (non-hydrogen) atoms. The second-order valence-electron chi connectivity index (χ2n) is 6.46. The highest BCUT2D eigenvalue weighted by Crippen LogP contribution is 2.47. The van der Waals surface area contributed by atoms with Gasteiger partial charge >= 0.3 is 5.97 Å². The van der Waals surface area contributed by atoms with Crippen LogP contribution >= 0.6 is 11.8 Å². The molecule has 2 atom stereocenters. The maximum absolute atomic E-state index is 12.6. The number of benzene rings is 1. The molecular weight excluding hydrogens is 352 g/mol. The first-order valence-electron chi connectivity index (χ1n) is 8.65. The van der Waals surface area contributed by atoms with Gasteiger partial charge in [0, 0.05) is 23.9 Å². The van der Waals surface area contributed by atoms with Gasteiger partial charge in [-0.3, -0.25) is 9.59 Å². The number of anilines is 1. The average Bonchev–Trinajstić information content (AvgIpc) is 3.11. The Hall–Kier alpha value is -2.28. The van der Waals surface area contributed by atoms with E-state index in [9.17, 15) is 14.4 Å². The fourth-order valence-corrected chi connectivity index (χ4v) is 4.70. The predicted molar refractivity (Wildman–Crippen MR) is 101 cm³/mol. The van der Waals surface area contributed by atoms with Crippen molar-refractivity contribution in [2.75, 3.05) is 17.7 Å². The molecule has 0 bridgehead atoms. The standard InChI is InChI=1S/C19H22N2O4S/c1-3-25-17(23)9-6-13-4-7-14(8-5-13)20-18(24)15-12-26-19(2)11-10-16(22)21(15)19/h4-9,15H,3,10-12H2,1-2H3,(H,20,24)/b9-6+. The number of carbonyl (C=O) groups excluding carboxylic acids is 3. The van der Waals surface area contributed by atoms with Gasteiger partial charge in [0.2, 0.25) is 11.8 Å². The number of thioether (sulfide) groups is 1. The Kier molecular flexibility index (Phi) is 5.36. The topological polar surface area (TPSA) is 75.7 Å². The molecule has 2 amide bonds. The summed E-state index contributed by atoms with van der Waals surface area (Å²) >= 11 is 1.67. The van der Waals surface area contributed by atoms with Crippen LogP contribution in [0.4, 0.5) is 5.69 Å². The summed E-state index contributed by atoms with van der Waals surface area (Å²) in [6.45, 7) is 4.12. The van der Waals surface area contributed by atoms with Crippen LogP contribution in [0.3, 0.4) is 0 Å². The number of hydrogen-bond acceptors (Lipinski definition) is 5. The third kappa shape index (κ3) is 3.77. The monoisotopic (exact) mass is 374 g/mol. The summed E-state index contributed by atoms with van der Waals surface area (Å²) in [5.41, 5.74) is 1.49. The van der Waals surface area contributed by atoms with E-state index < -0.39 is 6.04 Å². The molecule has 3 rings (SSSR count). The van der Waals surface area contributed by atoms with Crippen molar-refractivity contribution >= 4 is 41.3 Å². The molecule has 7 heteroatoms. The van der Waals surface area contributed by atoms with Crippen LogP contribution in [0.2, 0.25) is 0 Å². The minimum Gasteiger partial charge on any atom is -0.463 e. The normalized spacial score (nSPS) is 24.8. The zero-order valence-electron chi connectivity index (χ0n) is 14.9. The number of ether oxygens (including phenoxy) is 1. The molecule has 0 radical (unpaired) electrons. The lowest BCUT2D eigenvalue weighted by Crippen LogP contribution is -2.48. The first-order valence-corrected chi connectivity index (χ1v) is 9.63. The van der Waals surface area contributed by atoms with Gasteiger partial charge in [-0.1, -0.05) is 12.1 Å². The van der Waals surface area contributed by atoms with E-state index in [0.29, 0.717) is 24.5 Å². The van der Waals surface area contributed by atoms with Crippen molar-refractivity contribution in [1.82, 2.24) is 4.90 Å². The fraction of sp³-hybridized carbons (Fsp3) is 0.421. The molecule has 1 aromatic carbocycles. The number of rotatable bonds is 5. The lowest BCUT2D eigenvalue weighted by Gasteiger charge is -2.29. The molecule has 6 nitrogen and oxygen atoms in total. The van der Waals surface area contributed by atoms with Crippen molar-refractivity contribution in [2.45, 2.75) is 37.6 Å². The third-order valence-corrected chi connectivity index (χ3v) is 6.13. The molecule has 2 aliphatic rings. The van der Waals surface area contributed by atoms with Crippen LogP contribution in [0.15, 0.2) is 30.3 Å². The molecule has 1 aromatic rings. The number of amides is 2. The first kappa shape index (κ1) is 18.5. The van der Waals surface area contributed by atoms with E-state index in [0.717, 1.165) is 12.0 Å². The number of nitrogens with zero attached hydrogens (tertiary/aromatic N) is 1. The predicted octanol–water partition coefficient (Wildman–Crippen LogP) is 2.66. The number of fused-ring (bicyclic) bond motifs is 1. The van der Waals surface area contributed by atoms with E-state index in [2.05, 4.69) is 5.32 Å². The molecular formula is C19H22N2O4S. The Morgan fingerprint density at radius 1 is 1.38 bits per heavy atom. The molecule has 2 aliphatic heterocycles. The van der Waals surface area contributed by atoms with Gasteiger partial charge in [0.05, 0.1) is 11.5 Å². The van der Waals surface area contributed by atoms with Crippen LogP contribution in [0.25, 0.3) is 6.08 Å². The number of esters is 1. The highest BCUT2D eigenvalue weighted by molar-refractivity contribution is 8.01. The van der Waals surface area contributed by atoms with Crippen LogP contribution in [-0.4, -0.2) is 46.0 Å². The van der Waals surface area contributed by atoms with Gasteiger partial charge < -0.3 is 15.0 Å². The second kappa shape index (κ2) is 7.53. The van der Waals surface area contributed by atoms with Gasteiger partial charge in [0.1, 0.15) is 6.04 Å². The molecule has 1 N–H and O–H groups in total. The van der Waals surface area contributed by atoms with Crippen molar-refractivity contribution in [3.05, 3.63) is 35.9 Å².